The fourth-order valence-electron chi connectivity index (χ4n) is 3.74. The minimum atomic E-state index is -0.135. The van der Waals surface area contributed by atoms with E-state index in [0.29, 0.717) is 12.5 Å². The van der Waals surface area contributed by atoms with Gasteiger partial charge in [0.2, 0.25) is 5.91 Å². The lowest BCUT2D eigenvalue weighted by Gasteiger charge is -2.26. The molecule has 2 fully saturated rings. The molecule has 25 heavy (non-hydrogen) atoms. The second kappa shape index (κ2) is 8.88. The summed E-state index contributed by atoms with van der Waals surface area (Å²) in [5.41, 5.74) is 1.76. The predicted octanol–water partition coefficient (Wildman–Crippen LogP) is 3.70. The molecule has 5 nitrogen and oxygen atoms in total. The number of urea groups is 1. The highest BCUT2D eigenvalue weighted by molar-refractivity contribution is 5.89. The average molecular weight is 343 g/mol. The van der Waals surface area contributed by atoms with Crippen LogP contribution in [0.4, 0.5) is 10.5 Å². The van der Waals surface area contributed by atoms with Crippen LogP contribution in [-0.2, 0) is 11.2 Å². The van der Waals surface area contributed by atoms with Crippen molar-refractivity contribution in [2.24, 2.45) is 0 Å². The van der Waals surface area contributed by atoms with E-state index in [0.717, 1.165) is 50.0 Å². The first-order chi connectivity index (χ1) is 12.2. The Morgan fingerprint density at radius 3 is 2.24 bits per heavy atom. The molecule has 136 valence electrons. The Bertz CT molecular complexity index is 573. The summed E-state index contributed by atoms with van der Waals surface area (Å²) >= 11 is 0. The highest BCUT2D eigenvalue weighted by Crippen LogP contribution is 2.18. The number of nitrogens with zero attached hydrogens (tertiary/aromatic N) is 1. The van der Waals surface area contributed by atoms with Gasteiger partial charge in [0.15, 0.2) is 0 Å². The number of likely N-dealkylation sites (tertiary alicyclic amines) is 1. The number of carbonyl (C=O) groups is 2. The number of carbonyl (C=O) groups excluding carboxylic acids is 2. The Kier molecular flexibility index (Phi) is 6.31. The molecule has 1 aliphatic heterocycles. The van der Waals surface area contributed by atoms with Crippen molar-refractivity contribution < 1.29 is 9.59 Å². The minimum Gasteiger partial charge on any atom is -0.342 e. The van der Waals surface area contributed by atoms with Crippen LogP contribution < -0.4 is 10.6 Å². The van der Waals surface area contributed by atoms with Gasteiger partial charge in [-0.1, -0.05) is 31.4 Å². The van der Waals surface area contributed by atoms with E-state index in [9.17, 15) is 9.59 Å². The summed E-state index contributed by atoms with van der Waals surface area (Å²) in [6, 6.07) is 7.77. The zero-order valence-electron chi connectivity index (χ0n) is 14.9. The second-order valence-corrected chi connectivity index (χ2v) is 7.25. The molecule has 0 atom stereocenters. The van der Waals surface area contributed by atoms with Gasteiger partial charge in [0.1, 0.15) is 0 Å². The highest BCUT2D eigenvalue weighted by Gasteiger charge is 2.17. The number of benzene rings is 1. The van der Waals surface area contributed by atoms with Crippen LogP contribution in [0.1, 0.15) is 56.9 Å². The summed E-state index contributed by atoms with van der Waals surface area (Å²) in [4.78, 5) is 26.3. The Labute approximate surface area is 150 Å². The van der Waals surface area contributed by atoms with Crippen molar-refractivity contribution in [3.8, 4) is 0 Å². The van der Waals surface area contributed by atoms with Crippen molar-refractivity contribution in [3.05, 3.63) is 29.8 Å². The maximum absolute atomic E-state index is 12.3. The largest absolute Gasteiger partial charge is 0.342 e. The van der Waals surface area contributed by atoms with Crippen LogP contribution in [0.15, 0.2) is 24.3 Å². The Balaban J connectivity index is 1.46. The van der Waals surface area contributed by atoms with E-state index in [1.54, 1.807) is 0 Å². The molecule has 1 saturated heterocycles. The molecule has 0 spiro atoms. The summed E-state index contributed by atoms with van der Waals surface area (Å²) in [7, 11) is 0. The SMILES string of the molecule is O=C(Nc1ccc(CC(=O)N2CCCCC2)cc1)NC1CCCCC1. The second-order valence-electron chi connectivity index (χ2n) is 7.25. The van der Waals surface area contributed by atoms with Gasteiger partial charge in [-0.3, -0.25) is 4.79 Å². The van der Waals surface area contributed by atoms with Crippen LogP contribution >= 0.6 is 0 Å². The Morgan fingerprint density at radius 2 is 1.56 bits per heavy atom. The van der Waals surface area contributed by atoms with E-state index < -0.39 is 0 Å². The molecular formula is C20H29N3O2. The third-order valence-electron chi connectivity index (χ3n) is 5.22. The zero-order chi connectivity index (χ0) is 17.5. The number of hydrogen-bond donors (Lipinski definition) is 2. The normalized spacial score (nSPS) is 18.6. The average Bonchev–Trinajstić information content (AvgIpc) is 2.65. The Hall–Kier alpha value is -2.04. The first-order valence-corrected chi connectivity index (χ1v) is 9.65. The van der Waals surface area contributed by atoms with E-state index in [1.165, 1.54) is 25.7 Å². The molecule has 1 aromatic carbocycles. The maximum Gasteiger partial charge on any atom is 0.319 e. The van der Waals surface area contributed by atoms with E-state index >= 15 is 0 Å². The van der Waals surface area contributed by atoms with E-state index in [4.69, 9.17) is 0 Å². The molecule has 0 radical (unpaired) electrons. The molecule has 2 aliphatic rings. The van der Waals surface area contributed by atoms with Gasteiger partial charge in [-0.15, -0.1) is 0 Å². The molecule has 0 unspecified atom stereocenters. The van der Waals surface area contributed by atoms with Crippen molar-refractivity contribution in [2.75, 3.05) is 18.4 Å². The number of rotatable bonds is 4. The van der Waals surface area contributed by atoms with E-state index in [1.807, 2.05) is 29.2 Å². The van der Waals surface area contributed by atoms with Crippen LogP contribution in [0.25, 0.3) is 0 Å². The lowest BCUT2D eigenvalue weighted by atomic mass is 9.96. The molecule has 3 rings (SSSR count). The maximum atomic E-state index is 12.3. The van der Waals surface area contributed by atoms with Crippen LogP contribution in [-0.4, -0.2) is 36.0 Å². The lowest BCUT2D eigenvalue weighted by molar-refractivity contribution is -0.131. The summed E-state index contributed by atoms with van der Waals surface area (Å²) in [6.45, 7) is 1.78. The van der Waals surface area contributed by atoms with Crippen LogP contribution in [0.2, 0.25) is 0 Å². The third kappa shape index (κ3) is 5.48. The molecule has 0 bridgehead atoms. The first kappa shape index (κ1) is 17.8. The van der Waals surface area contributed by atoms with Crippen molar-refractivity contribution in [1.29, 1.82) is 0 Å². The lowest BCUT2D eigenvalue weighted by Crippen LogP contribution is -2.39. The summed E-state index contributed by atoms with van der Waals surface area (Å²) in [6.07, 6.45) is 9.72. The number of hydrogen-bond acceptors (Lipinski definition) is 2. The monoisotopic (exact) mass is 343 g/mol. The fraction of sp³-hybridized carbons (Fsp3) is 0.600. The molecule has 2 N–H and O–H groups in total. The smallest absolute Gasteiger partial charge is 0.319 e. The van der Waals surface area contributed by atoms with Crippen LogP contribution in [0.5, 0.6) is 0 Å². The molecular weight excluding hydrogens is 314 g/mol. The van der Waals surface area contributed by atoms with Crippen molar-refractivity contribution in [1.82, 2.24) is 10.2 Å². The number of anilines is 1. The van der Waals surface area contributed by atoms with Crippen molar-refractivity contribution in [2.45, 2.75) is 63.8 Å². The number of amides is 3. The number of nitrogens with one attached hydrogen (secondary N) is 2. The summed E-state index contributed by atoms with van der Waals surface area (Å²) < 4.78 is 0. The minimum absolute atomic E-state index is 0.135. The molecule has 1 heterocycles. The highest BCUT2D eigenvalue weighted by atomic mass is 16.2. The van der Waals surface area contributed by atoms with Gasteiger partial charge in [-0.25, -0.2) is 4.79 Å². The predicted molar refractivity (Wildman–Crippen MR) is 99.6 cm³/mol. The van der Waals surface area contributed by atoms with Gasteiger partial charge >= 0.3 is 6.03 Å². The third-order valence-corrected chi connectivity index (χ3v) is 5.22. The molecule has 1 saturated carbocycles. The first-order valence-electron chi connectivity index (χ1n) is 9.65. The van der Waals surface area contributed by atoms with E-state index in [2.05, 4.69) is 10.6 Å². The summed E-state index contributed by atoms with van der Waals surface area (Å²) in [5, 5.41) is 5.93. The van der Waals surface area contributed by atoms with Gasteiger partial charge in [0, 0.05) is 24.8 Å². The fourth-order valence-corrected chi connectivity index (χ4v) is 3.74. The standard InChI is InChI=1S/C20H29N3O2/c24-19(23-13-5-2-6-14-23)15-16-9-11-18(12-10-16)22-20(25)21-17-7-3-1-4-8-17/h9-12,17H,1-8,13-15H2,(H2,21,22,25). The molecule has 1 aliphatic carbocycles. The quantitative estimate of drug-likeness (QED) is 0.876. The molecule has 0 aromatic heterocycles. The number of piperidine rings is 1. The molecule has 3 amide bonds. The van der Waals surface area contributed by atoms with Crippen LogP contribution in [0, 0.1) is 0 Å². The van der Waals surface area contributed by atoms with Gasteiger partial charge in [0.25, 0.3) is 0 Å². The van der Waals surface area contributed by atoms with Gasteiger partial charge in [-0.2, -0.15) is 0 Å². The van der Waals surface area contributed by atoms with Crippen molar-refractivity contribution >= 4 is 17.6 Å². The molecule has 1 aromatic rings. The molecule has 5 heteroatoms. The van der Waals surface area contributed by atoms with Gasteiger partial charge in [-0.05, 0) is 49.8 Å². The van der Waals surface area contributed by atoms with Crippen molar-refractivity contribution in [3.63, 3.8) is 0 Å². The van der Waals surface area contributed by atoms with Gasteiger partial charge < -0.3 is 15.5 Å². The van der Waals surface area contributed by atoms with Crippen LogP contribution in [0.3, 0.4) is 0 Å². The summed E-state index contributed by atoms with van der Waals surface area (Å²) in [5.74, 6) is 0.204. The Morgan fingerprint density at radius 1 is 0.920 bits per heavy atom. The van der Waals surface area contributed by atoms with E-state index in [-0.39, 0.29) is 11.9 Å². The van der Waals surface area contributed by atoms with Gasteiger partial charge in [0.05, 0.1) is 6.42 Å². The topological polar surface area (TPSA) is 61.4 Å². The zero-order valence-corrected chi connectivity index (χ0v) is 14.9.